The molecule has 1 fully saturated rings. The van der Waals surface area contributed by atoms with Gasteiger partial charge in [-0.25, -0.2) is 4.99 Å². The second-order valence-corrected chi connectivity index (χ2v) is 7.06. The molecule has 0 saturated carbocycles. The molecule has 2 aromatic carbocycles. The number of nitrogens with zero attached hydrogens (tertiary/aromatic N) is 2. The molecule has 0 spiro atoms. The molecule has 1 heterocycles. The van der Waals surface area contributed by atoms with Crippen LogP contribution >= 0.6 is 0 Å². The van der Waals surface area contributed by atoms with E-state index in [1.54, 1.807) is 0 Å². The van der Waals surface area contributed by atoms with Crippen LogP contribution in [-0.2, 0) is 17.9 Å². The molecule has 0 aliphatic carbocycles. The fraction of sp³-hybridized carbons (Fsp3) is 0.435. The van der Waals surface area contributed by atoms with E-state index in [-0.39, 0.29) is 0 Å². The molecule has 1 aliphatic rings. The average Bonchev–Trinajstić information content (AvgIpc) is 3.20. The van der Waals surface area contributed by atoms with Gasteiger partial charge in [0.1, 0.15) is 0 Å². The maximum atomic E-state index is 5.45. The van der Waals surface area contributed by atoms with Crippen molar-refractivity contribution in [3.05, 3.63) is 65.7 Å². The van der Waals surface area contributed by atoms with Gasteiger partial charge in [0.2, 0.25) is 0 Å². The van der Waals surface area contributed by atoms with Crippen molar-refractivity contribution in [2.24, 2.45) is 4.99 Å². The van der Waals surface area contributed by atoms with E-state index in [9.17, 15) is 0 Å². The zero-order valence-corrected chi connectivity index (χ0v) is 17.0. The van der Waals surface area contributed by atoms with Crippen LogP contribution in [0.25, 0.3) is 0 Å². The average molecular weight is 381 g/mol. The summed E-state index contributed by atoms with van der Waals surface area (Å²) in [7, 11) is 0. The van der Waals surface area contributed by atoms with E-state index < -0.39 is 0 Å². The van der Waals surface area contributed by atoms with Crippen LogP contribution in [0.3, 0.4) is 0 Å². The molecular weight excluding hydrogens is 348 g/mol. The van der Waals surface area contributed by atoms with Crippen molar-refractivity contribution >= 4 is 11.6 Å². The summed E-state index contributed by atoms with van der Waals surface area (Å²) in [5.74, 6) is 0.890. The monoisotopic (exact) mass is 380 g/mol. The summed E-state index contributed by atoms with van der Waals surface area (Å²) in [6, 6.07) is 19.5. The molecule has 0 amide bonds. The van der Waals surface area contributed by atoms with Gasteiger partial charge in [-0.3, -0.25) is 0 Å². The molecule has 150 valence electrons. The van der Waals surface area contributed by atoms with E-state index >= 15 is 0 Å². The first kappa shape index (κ1) is 20.2. The van der Waals surface area contributed by atoms with Gasteiger partial charge in [-0.2, -0.15) is 0 Å². The number of hydrogen-bond donors (Lipinski definition) is 2. The largest absolute Gasteiger partial charge is 0.377 e. The van der Waals surface area contributed by atoms with E-state index in [1.807, 2.05) is 6.92 Å². The predicted octanol–water partition coefficient (Wildman–Crippen LogP) is 3.56. The van der Waals surface area contributed by atoms with E-state index in [4.69, 9.17) is 9.73 Å². The molecule has 0 aromatic heterocycles. The summed E-state index contributed by atoms with van der Waals surface area (Å²) >= 11 is 0. The molecule has 1 atom stereocenters. The van der Waals surface area contributed by atoms with Crippen molar-refractivity contribution in [1.82, 2.24) is 10.6 Å². The summed E-state index contributed by atoms with van der Waals surface area (Å²) in [4.78, 5) is 7.21. The van der Waals surface area contributed by atoms with Gasteiger partial charge in [0.15, 0.2) is 5.96 Å². The second kappa shape index (κ2) is 10.7. The second-order valence-electron chi connectivity index (χ2n) is 7.06. The minimum absolute atomic E-state index is 0.409. The zero-order chi connectivity index (χ0) is 19.6. The van der Waals surface area contributed by atoms with Crippen LogP contribution in [0.4, 0.5) is 5.69 Å². The Morgan fingerprint density at radius 3 is 2.54 bits per heavy atom. The molecular formula is C23H32N4O. The van der Waals surface area contributed by atoms with E-state index in [0.717, 1.165) is 38.6 Å². The Balaban J connectivity index is 1.54. The van der Waals surface area contributed by atoms with Crippen LogP contribution in [0.1, 0.15) is 31.4 Å². The lowest BCUT2D eigenvalue weighted by molar-refractivity contribution is 0.134. The van der Waals surface area contributed by atoms with Crippen molar-refractivity contribution in [1.29, 1.82) is 0 Å². The summed E-state index contributed by atoms with van der Waals surface area (Å²) in [6.07, 6.45) is 1.12. The van der Waals surface area contributed by atoms with Gasteiger partial charge < -0.3 is 20.3 Å². The van der Waals surface area contributed by atoms with E-state index in [0.29, 0.717) is 19.2 Å². The van der Waals surface area contributed by atoms with Gasteiger partial charge in [0.25, 0.3) is 0 Å². The van der Waals surface area contributed by atoms with E-state index in [1.165, 1.54) is 16.8 Å². The molecule has 1 saturated heterocycles. The third-order valence-corrected chi connectivity index (χ3v) is 4.91. The number of ether oxygens (including phenoxy) is 1. The Kier molecular flexibility index (Phi) is 7.73. The maximum Gasteiger partial charge on any atom is 0.191 e. The molecule has 1 unspecified atom stereocenters. The van der Waals surface area contributed by atoms with Crippen molar-refractivity contribution < 1.29 is 4.74 Å². The first-order chi connectivity index (χ1) is 13.8. The highest BCUT2D eigenvalue weighted by Gasteiger charge is 2.23. The molecule has 0 bridgehead atoms. The smallest absolute Gasteiger partial charge is 0.191 e. The molecule has 3 rings (SSSR count). The van der Waals surface area contributed by atoms with Crippen LogP contribution in [0, 0.1) is 0 Å². The standard InChI is InChI=1S/C23H32N4O/c1-3-24-23(25-16-19-10-12-20(13-11-19)18-28-4-2)26-21-14-15-27(17-21)22-8-6-5-7-9-22/h5-13,21H,3-4,14-18H2,1-2H3,(H2,24,25,26). The van der Waals surface area contributed by atoms with Gasteiger partial charge in [-0.1, -0.05) is 42.5 Å². The number of nitrogens with one attached hydrogen (secondary N) is 2. The highest BCUT2D eigenvalue weighted by atomic mass is 16.5. The number of para-hydroxylation sites is 1. The third-order valence-electron chi connectivity index (χ3n) is 4.91. The maximum absolute atomic E-state index is 5.45. The topological polar surface area (TPSA) is 48.9 Å². The van der Waals surface area contributed by atoms with Crippen LogP contribution in [-0.4, -0.2) is 38.2 Å². The molecule has 0 radical (unpaired) electrons. The molecule has 28 heavy (non-hydrogen) atoms. The van der Waals surface area contributed by atoms with Crippen molar-refractivity contribution in [2.75, 3.05) is 31.1 Å². The van der Waals surface area contributed by atoms with Crippen molar-refractivity contribution in [2.45, 2.75) is 39.5 Å². The fourth-order valence-electron chi connectivity index (χ4n) is 3.40. The third kappa shape index (κ3) is 5.99. The van der Waals surface area contributed by atoms with Crippen LogP contribution in [0.5, 0.6) is 0 Å². The first-order valence-corrected chi connectivity index (χ1v) is 10.3. The highest BCUT2D eigenvalue weighted by molar-refractivity contribution is 5.80. The van der Waals surface area contributed by atoms with Crippen molar-refractivity contribution in [3.8, 4) is 0 Å². The minimum atomic E-state index is 0.409. The number of rotatable bonds is 8. The Morgan fingerprint density at radius 2 is 1.82 bits per heavy atom. The van der Waals surface area contributed by atoms with Gasteiger partial charge in [-0.15, -0.1) is 0 Å². The molecule has 1 aliphatic heterocycles. The molecule has 5 nitrogen and oxygen atoms in total. The van der Waals surface area contributed by atoms with Crippen LogP contribution in [0.2, 0.25) is 0 Å². The van der Waals surface area contributed by atoms with E-state index in [2.05, 4.69) is 77.1 Å². The number of hydrogen-bond acceptors (Lipinski definition) is 3. The summed E-state index contributed by atoms with van der Waals surface area (Å²) in [6.45, 7) is 9.12. The molecule has 2 aromatic rings. The SMILES string of the molecule is CCNC(=NCc1ccc(COCC)cc1)NC1CCN(c2ccccc2)C1. The van der Waals surface area contributed by atoms with Gasteiger partial charge in [0, 0.05) is 38.0 Å². The van der Waals surface area contributed by atoms with Crippen LogP contribution < -0.4 is 15.5 Å². The number of anilines is 1. The first-order valence-electron chi connectivity index (χ1n) is 10.3. The Hall–Kier alpha value is -2.53. The Labute approximate surface area is 168 Å². The van der Waals surface area contributed by atoms with Gasteiger partial charge in [0.05, 0.1) is 13.2 Å². The highest BCUT2D eigenvalue weighted by Crippen LogP contribution is 2.19. The summed E-state index contributed by atoms with van der Waals surface area (Å²) < 4.78 is 5.45. The predicted molar refractivity (Wildman–Crippen MR) is 117 cm³/mol. The normalized spacial score (nSPS) is 17.0. The lowest BCUT2D eigenvalue weighted by Gasteiger charge is -2.20. The zero-order valence-electron chi connectivity index (χ0n) is 17.0. The number of aliphatic imine (C=N–C) groups is 1. The minimum Gasteiger partial charge on any atom is -0.377 e. The summed E-state index contributed by atoms with van der Waals surface area (Å²) in [5, 5.41) is 6.98. The number of benzene rings is 2. The van der Waals surface area contributed by atoms with Crippen LogP contribution in [0.15, 0.2) is 59.6 Å². The summed E-state index contributed by atoms with van der Waals surface area (Å²) in [5.41, 5.74) is 3.70. The Bertz CT molecular complexity index is 730. The van der Waals surface area contributed by atoms with Gasteiger partial charge in [-0.05, 0) is 43.5 Å². The fourth-order valence-corrected chi connectivity index (χ4v) is 3.40. The number of guanidine groups is 1. The quantitative estimate of drug-likeness (QED) is 0.543. The van der Waals surface area contributed by atoms with Crippen molar-refractivity contribution in [3.63, 3.8) is 0 Å². The molecule has 5 heteroatoms. The lowest BCUT2D eigenvalue weighted by Crippen LogP contribution is -2.44. The lowest BCUT2D eigenvalue weighted by atomic mass is 10.1. The van der Waals surface area contributed by atoms with Gasteiger partial charge >= 0.3 is 0 Å². The Morgan fingerprint density at radius 1 is 1.07 bits per heavy atom. The molecule has 2 N–H and O–H groups in total.